The van der Waals surface area contributed by atoms with E-state index in [0.717, 1.165) is 12.8 Å². The van der Waals surface area contributed by atoms with Crippen molar-refractivity contribution < 1.29 is 9.53 Å². The van der Waals surface area contributed by atoms with Crippen LogP contribution >= 0.6 is 23.2 Å². The van der Waals surface area contributed by atoms with Gasteiger partial charge in [0.15, 0.2) is 0 Å². The van der Waals surface area contributed by atoms with E-state index in [1.165, 1.54) is 0 Å². The number of carbonyl (C=O) groups is 1. The van der Waals surface area contributed by atoms with E-state index in [2.05, 4.69) is 15.3 Å². The Kier molecular flexibility index (Phi) is 6.23. The molecular formula is C18H21Cl2N5O2. The lowest BCUT2D eigenvalue weighted by Gasteiger charge is -2.31. The SMILES string of the molecule is CCOC(=O)N1CCC(Nc2cc(-c3cccc(Cl)c3Cl)nc(N)n2)CC1. The highest BCUT2D eigenvalue weighted by molar-refractivity contribution is 6.43. The third kappa shape index (κ3) is 4.73. The minimum absolute atomic E-state index is 0.148. The van der Waals surface area contributed by atoms with Crippen LogP contribution in [0.3, 0.4) is 0 Å². The Bertz CT molecular complexity index is 825. The van der Waals surface area contributed by atoms with Gasteiger partial charge in [-0.1, -0.05) is 35.3 Å². The third-order valence-corrected chi connectivity index (χ3v) is 5.16. The summed E-state index contributed by atoms with van der Waals surface area (Å²) >= 11 is 12.4. The topological polar surface area (TPSA) is 93.4 Å². The fourth-order valence-electron chi connectivity index (χ4n) is 3.01. The van der Waals surface area contributed by atoms with Gasteiger partial charge in [0.2, 0.25) is 5.95 Å². The van der Waals surface area contributed by atoms with Crippen LogP contribution < -0.4 is 11.1 Å². The van der Waals surface area contributed by atoms with Crippen LogP contribution in [0, 0.1) is 0 Å². The molecule has 7 nitrogen and oxygen atoms in total. The van der Waals surface area contributed by atoms with Crippen LogP contribution in [-0.2, 0) is 4.74 Å². The summed E-state index contributed by atoms with van der Waals surface area (Å²) in [5, 5.41) is 4.24. The molecule has 27 heavy (non-hydrogen) atoms. The molecule has 0 bridgehead atoms. The van der Waals surface area contributed by atoms with Crippen molar-refractivity contribution in [2.45, 2.75) is 25.8 Å². The lowest BCUT2D eigenvalue weighted by molar-refractivity contribution is 0.0983. The Labute approximate surface area is 167 Å². The number of benzene rings is 1. The minimum atomic E-state index is -0.264. The van der Waals surface area contributed by atoms with Gasteiger partial charge in [-0.05, 0) is 25.8 Å². The van der Waals surface area contributed by atoms with E-state index >= 15 is 0 Å². The number of nitrogen functional groups attached to an aromatic ring is 1. The zero-order chi connectivity index (χ0) is 19.4. The van der Waals surface area contributed by atoms with Gasteiger partial charge in [0.05, 0.1) is 22.3 Å². The van der Waals surface area contributed by atoms with Crippen LogP contribution in [0.4, 0.5) is 16.6 Å². The first-order chi connectivity index (χ1) is 13.0. The summed E-state index contributed by atoms with van der Waals surface area (Å²) in [7, 11) is 0. The molecule has 1 saturated heterocycles. The van der Waals surface area contributed by atoms with Crippen molar-refractivity contribution >= 4 is 41.1 Å². The predicted molar refractivity (Wildman–Crippen MR) is 107 cm³/mol. The molecular weight excluding hydrogens is 389 g/mol. The van der Waals surface area contributed by atoms with E-state index in [0.29, 0.717) is 46.8 Å². The van der Waals surface area contributed by atoms with Gasteiger partial charge in [0.25, 0.3) is 0 Å². The summed E-state index contributed by atoms with van der Waals surface area (Å²) in [4.78, 5) is 22.0. The number of amides is 1. The molecule has 3 rings (SSSR count). The fraction of sp³-hybridized carbons (Fsp3) is 0.389. The number of piperidine rings is 1. The highest BCUT2D eigenvalue weighted by Gasteiger charge is 2.24. The van der Waals surface area contributed by atoms with E-state index in [4.69, 9.17) is 33.7 Å². The molecule has 0 aliphatic carbocycles. The van der Waals surface area contributed by atoms with Gasteiger partial charge in [0.1, 0.15) is 5.82 Å². The lowest BCUT2D eigenvalue weighted by Crippen LogP contribution is -2.42. The number of hydrogen-bond donors (Lipinski definition) is 2. The number of ether oxygens (including phenoxy) is 1. The number of likely N-dealkylation sites (tertiary alicyclic amines) is 1. The molecule has 1 fully saturated rings. The molecule has 144 valence electrons. The van der Waals surface area contributed by atoms with Crippen molar-refractivity contribution in [1.82, 2.24) is 14.9 Å². The summed E-state index contributed by atoms with van der Waals surface area (Å²) in [6.07, 6.45) is 1.31. The van der Waals surface area contributed by atoms with Crippen LogP contribution in [0.1, 0.15) is 19.8 Å². The van der Waals surface area contributed by atoms with Gasteiger partial charge in [-0.2, -0.15) is 4.98 Å². The Morgan fingerprint density at radius 1 is 1.33 bits per heavy atom. The number of aromatic nitrogens is 2. The Morgan fingerprint density at radius 2 is 2.07 bits per heavy atom. The summed E-state index contributed by atoms with van der Waals surface area (Å²) in [6.45, 7) is 3.44. The first-order valence-electron chi connectivity index (χ1n) is 8.75. The van der Waals surface area contributed by atoms with E-state index in [1.54, 1.807) is 30.0 Å². The molecule has 1 aliphatic rings. The summed E-state index contributed by atoms with van der Waals surface area (Å²) in [5.74, 6) is 0.762. The zero-order valence-electron chi connectivity index (χ0n) is 14.9. The van der Waals surface area contributed by atoms with Crippen LogP contribution in [0.5, 0.6) is 0 Å². The van der Waals surface area contributed by atoms with Crippen molar-refractivity contribution in [2.24, 2.45) is 0 Å². The van der Waals surface area contributed by atoms with E-state index in [1.807, 2.05) is 6.07 Å². The molecule has 3 N–H and O–H groups in total. The van der Waals surface area contributed by atoms with E-state index < -0.39 is 0 Å². The van der Waals surface area contributed by atoms with Gasteiger partial charge in [-0.25, -0.2) is 9.78 Å². The van der Waals surface area contributed by atoms with Gasteiger partial charge in [0, 0.05) is 30.8 Å². The molecule has 2 aromatic rings. The molecule has 1 aliphatic heterocycles. The standard InChI is InChI=1S/C18H21Cl2N5O2/c1-2-27-18(26)25-8-6-11(7-9-25)22-15-10-14(23-17(21)24-15)12-4-3-5-13(19)16(12)20/h3-5,10-11H,2,6-9H2,1H3,(H3,21,22,23,24). The van der Waals surface area contributed by atoms with Crippen molar-refractivity contribution in [1.29, 1.82) is 0 Å². The number of anilines is 2. The zero-order valence-corrected chi connectivity index (χ0v) is 16.4. The first kappa shape index (κ1) is 19.5. The molecule has 2 heterocycles. The van der Waals surface area contributed by atoms with Crippen molar-refractivity contribution in [3.05, 3.63) is 34.3 Å². The van der Waals surface area contributed by atoms with Gasteiger partial charge in [-0.3, -0.25) is 0 Å². The maximum absolute atomic E-state index is 11.8. The molecule has 0 radical (unpaired) electrons. The lowest BCUT2D eigenvalue weighted by atomic mass is 10.1. The Morgan fingerprint density at radius 3 is 2.78 bits per heavy atom. The van der Waals surface area contributed by atoms with Crippen LogP contribution in [0.15, 0.2) is 24.3 Å². The summed E-state index contributed by atoms with van der Waals surface area (Å²) < 4.78 is 5.04. The number of nitrogens with two attached hydrogens (primary N) is 1. The van der Waals surface area contributed by atoms with Crippen LogP contribution in [0.2, 0.25) is 10.0 Å². The van der Waals surface area contributed by atoms with E-state index in [-0.39, 0.29) is 18.1 Å². The smallest absolute Gasteiger partial charge is 0.409 e. The molecule has 1 aromatic carbocycles. The quantitative estimate of drug-likeness (QED) is 0.790. The van der Waals surface area contributed by atoms with Gasteiger partial charge >= 0.3 is 6.09 Å². The third-order valence-electron chi connectivity index (χ3n) is 4.34. The molecule has 9 heteroatoms. The first-order valence-corrected chi connectivity index (χ1v) is 9.50. The maximum Gasteiger partial charge on any atom is 0.409 e. The van der Waals surface area contributed by atoms with Crippen molar-refractivity contribution in [3.8, 4) is 11.3 Å². The van der Waals surface area contributed by atoms with Gasteiger partial charge < -0.3 is 20.7 Å². The highest BCUT2D eigenvalue weighted by Crippen LogP contribution is 2.33. The molecule has 1 amide bonds. The second kappa shape index (κ2) is 8.63. The van der Waals surface area contributed by atoms with Crippen molar-refractivity contribution in [3.63, 3.8) is 0 Å². The van der Waals surface area contributed by atoms with Crippen molar-refractivity contribution in [2.75, 3.05) is 30.7 Å². The Hall–Kier alpha value is -2.25. The average Bonchev–Trinajstić information content (AvgIpc) is 2.64. The summed E-state index contributed by atoms with van der Waals surface area (Å²) in [6, 6.07) is 7.32. The second-order valence-electron chi connectivity index (χ2n) is 6.20. The summed E-state index contributed by atoms with van der Waals surface area (Å²) in [5.41, 5.74) is 7.17. The Balaban J connectivity index is 1.71. The average molecular weight is 410 g/mol. The molecule has 0 spiro atoms. The molecule has 0 atom stereocenters. The van der Waals surface area contributed by atoms with Gasteiger partial charge in [-0.15, -0.1) is 0 Å². The number of carbonyl (C=O) groups excluding carboxylic acids is 1. The van der Waals surface area contributed by atoms with Crippen LogP contribution in [-0.4, -0.2) is 46.7 Å². The number of nitrogens with one attached hydrogen (secondary N) is 1. The largest absolute Gasteiger partial charge is 0.450 e. The maximum atomic E-state index is 11.8. The fourth-order valence-corrected chi connectivity index (χ4v) is 3.41. The molecule has 0 unspecified atom stereocenters. The highest BCUT2D eigenvalue weighted by atomic mass is 35.5. The molecule has 0 saturated carbocycles. The molecule has 1 aromatic heterocycles. The normalized spacial score (nSPS) is 14.9. The monoisotopic (exact) mass is 409 g/mol. The number of nitrogens with zero attached hydrogens (tertiary/aromatic N) is 3. The second-order valence-corrected chi connectivity index (χ2v) is 6.99. The number of halogens is 2. The minimum Gasteiger partial charge on any atom is -0.450 e. The van der Waals surface area contributed by atoms with E-state index in [9.17, 15) is 4.79 Å². The number of rotatable bonds is 4. The predicted octanol–water partition coefficient (Wildman–Crippen LogP) is 4.07. The number of hydrogen-bond acceptors (Lipinski definition) is 6. The van der Waals surface area contributed by atoms with Crippen LogP contribution in [0.25, 0.3) is 11.3 Å².